The number of amides is 3. The second-order valence-electron chi connectivity index (χ2n) is 10.4. The fraction of sp³-hybridized carbons (Fsp3) is 0.517. The number of carbonyl (C=O) groups is 5. The Labute approximate surface area is 262 Å². The Hall–Kier alpha value is -4.14. The van der Waals surface area contributed by atoms with E-state index in [1.807, 2.05) is 6.07 Å². The molecule has 0 unspecified atom stereocenters. The molecule has 1 saturated carbocycles. The number of carboxylic acids is 1. The Kier molecular flexibility index (Phi) is 10.8. The van der Waals surface area contributed by atoms with Crippen molar-refractivity contribution in [2.24, 2.45) is 0 Å². The zero-order valence-corrected chi connectivity index (χ0v) is 26.2. The number of carbonyl (C=O) groups excluding carboxylic acids is 4. The number of ether oxygens (including phenoxy) is 3. The van der Waals surface area contributed by atoms with Crippen molar-refractivity contribution in [1.29, 1.82) is 0 Å². The number of nitrogens with zero attached hydrogens (tertiary/aromatic N) is 4. The van der Waals surface area contributed by atoms with Gasteiger partial charge in [-0.15, -0.1) is 0 Å². The number of piperazine rings is 1. The van der Waals surface area contributed by atoms with Crippen LogP contribution in [0.4, 0.5) is 4.79 Å². The van der Waals surface area contributed by atoms with Crippen LogP contribution in [-0.2, 0) is 23.9 Å². The molecule has 1 aromatic carbocycles. The van der Waals surface area contributed by atoms with Crippen LogP contribution in [-0.4, -0.2) is 106 Å². The number of rotatable bonds is 12. The highest BCUT2D eigenvalue weighted by atomic mass is 79.9. The first-order chi connectivity index (χ1) is 21.1. The second-order valence-corrected chi connectivity index (χ2v) is 11.3. The summed E-state index contributed by atoms with van der Waals surface area (Å²) in [6, 6.07) is 7.32. The summed E-state index contributed by atoms with van der Waals surface area (Å²) in [5, 5.41) is 16.4. The van der Waals surface area contributed by atoms with E-state index in [9.17, 15) is 29.1 Å². The van der Waals surface area contributed by atoms with Crippen LogP contribution in [0.2, 0.25) is 0 Å². The standard InChI is InChI=1S/C29H36BrN5O9/c1-3-42-27(40)29(11-6-12-29)44-23-18-22(32-35(23)20-8-5-7-19(30)17-20)25(38)31-21(9-10-24(36)37)26(39)33-13-15-34(16-14-33)28(41)43-4-2/h5,7-8,17-18,21H,3-4,6,9-16H2,1-2H3,(H,31,38)(H,36,37)/t21-/m0/s1. The number of halogens is 1. The quantitative estimate of drug-likeness (QED) is 0.319. The van der Waals surface area contributed by atoms with Gasteiger partial charge in [0.05, 0.1) is 18.9 Å². The maximum atomic E-state index is 13.5. The highest BCUT2D eigenvalue weighted by Crippen LogP contribution is 2.39. The van der Waals surface area contributed by atoms with Crippen molar-refractivity contribution in [3.63, 3.8) is 0 Å². The zero-order valence-electron chi connectivity index (χ0n) is 24.6. The van der Waals surface area contributed by atoms with Gasteiger partial charge in [0, 0.05) is 43.1 Å². The van der Waals surface area contributed by atoms with Crippen LogP contribution < -0.4 is 10.1 Å². The van der Waals surface area contributed by atoms with Crippen LogP contribution in [0.15, 0.2) is 34.8 Å². The van der Waals surface area contributed by atoms with Gasteiger partial charge in [-0.05, 0) is 57.7 Å². The predicted molar refractivity (Wildman–Crippen MR) is 158 cm³/mol. The van der Waals surface area contributed by atoms with Crippen LogP contribution in [0, 0.1) is 0 Å². The molecule has 0 bridgehead atoms. The third kappa shape index (κ3) is 7.68. The summed E-state index contributed by atoms with van der Waals surface area (Å²) < 4.78 is 18.6. The normalized spacial score (nSPS) is 16.3. The molecule has 2 heterocycles. The van der Waals surface area contributed by atoms with Gasteiger partial charge in [-0.25, -0.2) is 14.3 Å². The van der Waals surface area contributed by atoms with Crippen molar-refractivity contribution in [3.8, 4) is 11.6 Å². The average Bonchev–Trinajstić information content (AvgIpc) is 3.41. The summed E-state index contributed by atoms with van der Waals surface area (Å²) in [4.78, 5) is 66.2. The molecule has 2 aromatic rings. The van der Waals surface area contributed by atoms with Gasteiger partial charge in [0.1, 0.15) is 6.04 Å². The van der Waals surface area contributed by atoms with E-state index >= 15 is 0 Å². The first kappa shape index (κ1) is 32.8. The van der Waals surface area contributed by atoms with Crippen LogP contribution in [0.5, 0.6) is 5.88 Å². The maximum Gasteiger partial charge on any atom is 0.409 e. The molecule has 3 amide bonds. The smallest absolute Gasteiger partial charge is 0.409 e. The molecule has 44 heavy (non-hydrogen) atoms. The molecule has 0 radical (unpaired) electrons. The highest BCUT2D eigenvalue weighted by molar-refractivity contribution is 9.10. The van der Waals surface area contributed by atoms with Gasteiger partial charge in [-0.1, -0.05) is 22.0 Å². The molecule has 2 aliphatic rings. The number of carboxylic acid groups (broad SMARTS) is 1. The van der Waals surface area contributed by atoms with Gasteiger partial charge in [-0.2, -0.15) is 5.10 Å². The van der Waals surface area contributed by atoms with E-state index in [-0.39, 0.29) is 63.8 Å². The van der Waals surface area contributed by atoms with Crippen LogP contribution in [0.1, 0.15) is 56.4 Å². The summed E-state index contributed by atoms with van der Waals surface area (Å²) in [7, 11) is 0. The van der Waals surface area contributed by atoms with Gasteiger partial charge in [0.15, 0.2) is 5.69 Å². The molecule has 1 atom stereocenters. The van der Waals surface area contributed by atoms with E-state index in [0.29, 0.717) is 18.5 Å². The lowest BCUT2D eigenvalue weighted by Gasteiger charge is -2.38. The third-order valence-electron chi connectivity index (χ3n) is 7.44. The molecule has 1 aliphatic heterocycles. The first-order valence-electron chi connectivity index (χ1n) is 14.5. The molecule has 0 spiro atoms. The fourth-order valence-electron chi connectivity index (χ4n) is 4.95. The number of hydrogen-bond acceptors (Lipinski definition) is 9. The monoisotopic (exact) mass is 677 g/mol. The molecular weight excluding hydrogens is 642 g/mol. The number of nitrogens with one attached hydrogen (secondary N) is 1. The molecule has 238 valence electrons. The van der Waals surface area contributed by atoms with Crippen molar-refractivity contribution in [1.82, 2.24) is 24.9 Å². The Balaban J connectivity index is 1.56. The van der Waals surface area contributed by atoms with E-state index < -0.39 is 41.5 Å². The molecule has 14 nitrogen and oxygen atoms in total. The SMILES string of the molecule is CCOC(=O)N1CCN(C(=O)[C@H](CCC(=O)O)NC(=O)c2cc(OC3(C(=O)OCC)CCC3)n(-c3cccc(Br)c3)n2)CC1. The van der Waals surface area contributed by atoms with Crippen LogP contribution in [0.25, 0.3) is 5.69 Å². The lowest BCUT2D eigenvalue weighted by molar-refractivity contribution is -0.170. The maximum absolute atomic E-state index is 13.5. The van der Waals surface area contributed by atoms with E-state index in [0.717, 1.165) is 10.9 Å². The molecule has 4 rings (SSSR count). The summed E-state index contributed by atoms with van der Waals surface area (Å²) >= 11 is 3.43. The van der Waals surface area contributed by atoms with Crippen molar-refractivity contribution >= 4 is 45.8 Å². The number of esters is 1. The fourth-order valence-corrected chi connectivity index (χ4v) is 5.34. The highest BCUT2D eigenvalue weighted by Gasteiger charge is 2.49. The Bertz CT molecular complexity index is 1380. The van der Waals surface area contributed by atoms with Gasteiger partial charge >= 0.3 is 18.0 Å². The van der Waals surface area contributed by atoms with Crippen LogP contribution in [0.3, 0.4) is 0 Å². The van der Waals surface area contributed by atoms with Gasteiger partial charge in [-0.3, -0.25) is 14.4 Å². The summed E-state index contributed by atoms with van der Waals surface area (Å²) in [5.74, 6) is -2.69. The van der Waals surface area contributed by atoms with E-state index in [2.05, 4.69) is 26.3 Å². The molecule has 15 heteroatoms. The molecule has 2 fully saturated rings. The van der Waals surface area contributed by atoms with Gasteiger partial charge in [0.25, 0.3) is 5.91 Å². The van der Waals surface area contributed by atoms with Crippen LogP contribution >= 0.6 is 15.9 Å². The van der Waals surface area contributed by atoms with E-state index in [1.54, 1.807) is 32.0 Å². The summed E-state index contributed by atoms with van der Waals surface area (Å²) in [5.41, 5.74) is -0.762. The predicted octanol–water partition coefficient (Wildman–Crippen LogP) is 2.76. The van der Waals surface area contributed by atoms with Crippen molar-refractivity contribution in [2.45, 2.75) is 57.6 Å². The minimum Gasteiger partial charge on any atom is -0.481 e. The van der Waals surface area contributed by atoms with Crippen molar-refractivity contribution in [2.75, 3.05) is 39.4 Å². The number of aliphatic carboxylic acids is 1. The Morgan fingerprint density at radius 1 is 1.02 bits per heavy atom. The number of hydrogen-bond donors (Lipinski definition) is 2. The topological polar surface area (TPSA) is 170 Å². The minimum absolute atomic E-state index is 0.0986. The Morgan fingerprint density at radius 2 is 1.70 bits per heavy atom. The largest absolute Gasteiger partial charge is 0.481 e. The molecule has 2 N–H and O–H groups in total. The third-order valence-corrected chi connectivity index (χ3v) is 7.93. The van der Waals surface area contributed by atoms with Gasteiger partial charge in [0.2, 0.25) is 17.4 Å². The lowest BCUT2D eigenvalue weighted by Crippen LogP contribution is -2.56. The second kappa shape index (κ2) is 14.6. The minimum atomic E-state index is -1.21. The molecule has 1 aromatic heterocycles. The Morgan fingerprint density at radius 3 is 2.30 bits per heavy atom. The van der Waals surface area contributed by atoms with E-state index in [4.69, 9.17) is 14.2 Å². The van der Waals surface area contributed by atoms with Crippen molar-refractivity contribution in [3.05, 3.63) is 40.5 Å². The first-order valence-corrected chi connectivity index (χ1v) is 15.3. The molecule has 1 aliphatic carbocycles. The van der Waals surface area contributed by atoms with Gasteiger partial charge < -0.3 is 34.4 Å². The summed E-state index contributed by atoms with van der Waals surface area (Å²) in [6.07, 6.45) is 0.653. The lowest BCUT2D eigenvalue weighted by atomic mass is 9.80. The molecule has 1 saturated heterocycles. The zero-order chi connectivity index (χ0) is 31.9. The van der Waals surface area contributed by atoms with Crippen molar-refractivity contribution < 1.29 is 43.3 Å². The van der Waals surface area contributed by atoms with E-state index in [1.165, 1.54) is 20.5 Å². The molecular formula is C29H36BrN5O9. The number of benzene rings is 1. The average molecular weight is 679 g/mol. The number of aromatic nitrogens is 2. The summed E-state index contributed by atoms with van der Waals surface area (Å²) in [6.45, 7) is 4.71.